The number of nitrogens with one attached hydrogen (secondary N) is 1. The summed E-state index contributed by atoms with van der Waals surface area (Å²) < 4.78 is 18.6. The minimum absolute atomic E-state index is 0.0200. The van der Waals surface area contributed by atoms with Crippen molar-refractivity contribution in [1.82, 2.24) is 19.4 Å². The number of ether oxygens (including phenoxy) is 3. The van der Waals surface area contributed by atoms with Gasteiger partial charge in [-0.3, -0.25) is 18.7 Å². The van der Waals surface area contributed by atoms with Gasteiger partial charge in [0.15, 0.2) is 17.1 Å². The fourth-order valence-corrected chi connectivity index (χ4v) is 4.22. The Bertz CT molecular complexity index is 1600. The number of methoxy groups -OCH3 is 3. The van der Waals surface area contributed by atoms with E-state index in [1.807, 2.05) is 30.3 Å². The Hall–Kier alpha value is -4.80. The van der Waals surface area contributed by atoms with E-state index in [1.165, 1.54) is 40.0 Å². The molecule has 3 N–H and O–H groups in total. The van der Waals surface area contributed by atoms with Crippen molar-refractivity contribution in [3.8, 4) is 28.4 Å². The van der Waals surface area contributed by atoms with E-state index in [0.29, 0.717) is 22.8 Å². The number of hydrogen-bond donors (Lipinski definition) is 2. The summed E-state index contributed by atoms with van der Waals surface area (Å²) in [5.74, 6) is 0.242. The summed E-state index contributed by atoms with van der Waals surface area (Å²) in [5.41, 5.74) is 6.56. The lowest BCUT2D eigenvalue weighted by atomic mass is 9.95. The molecule has 11 nitrogen and oxygen atoms in total. The zero-order valence-electron chi connectivity index (χ0n) is 21.1. The van der Waals surface area contributed by atoms with Gasteiger partial charge >= 0.3 is 5.69 Å². The van der Waals surface area contributed by atoms with E-state index >= 15 is 0 Å². The summed E-state index contributed by atoms with van der Waals surface area (Å²) in [4.78, 5) is 43.9. The van der Waals surface area contributed by atoms with E-state index in [1.54, 1.807) is 12.1 Å². The SMILES string of the molecule is COc1cc(-c2c(C(=O)NCc3ccccc3)c(N)nc3c2c(=O)n(C)c(=O)n3C)cc(OC)c1OC. The van der Waals surface area contributed by atoms with Crippen molar-refractivity contribution in [2.45, 2.75) is 6.54 Å². The molecule has 0 saturated carbocycles. The maximum absolute atomic E-state index is 13.6. The molecule has 0 unspecified atom stereocenters. The van der Waals surface area contributed by atoms with Gasteiger partial charge in [0.1, 0.15) is 5.82 Å². The van der Waals surface area contributed by atoms with Gasteiger partial charge in [-0.25, -0.2) is 9.78 Å². The van der Waals surface area contributed by atoms with Crippen LogP contribution in [0.15, 0.2) is 52.1 Å². The molecule has 4 rings (SSSR count). The number of anilines is 1. The van der Waals surface area contributed by atoms with Crippen molar-refractivity contribution in [2.75, 3.05) is 27.1 Å². The van der Waals surface area contributed by atoms with Gasteiger partial charge in [-0.15, -0.1) is 0 Å². The quantitative estimate of drug-likeness (QED) is 0.388. The zero-order chi connectivity index (χ0) is 26.9. The predicted octanol–water partition coefficient (Wildman–Crippen LogP) is 1.84. The van der Waals surface area contributed by atoms with E-state index < -0.39 is 17.2 Å². The van der Waals surface area contributed by atoms with Crippen molar-refractivity contribution in [2.24, 2.45) is 14.1 Å². The first-order valence-electron chi connectivity index (χ1n) is 11.2. The second-order valence-electron chi connectivity index (χ2n) is 8.23. The highest BCUT2D eigenvalue weighted by Gasteiger charge is 2.27. The monoisotopic (exact) mass is 505 g/mol. The maximum Gasteiger partial charge on any atom is 0.332 e. The van der Waals surface area contributed by atoms with Gasteiger partial charge in [0.25, 0.3) is 11.5 Å². The molecule has 0 atom stereocenters. The van der Waals surface area contributed by atoms with Gasteiger partial charge in [0.05, 0.1) is 32.3 Å². The fourth-order valence-electron chi connectivity index (χ4n) is 4.22. The molecule has 2 aromatic heterocycles. The molecular formula is C26H27N5O6. The molecule has 37 heavy (non-hydrogen) atoms. The number of aromatic nitrogens is 3. The van der Waals surface area contributed by atoms with E-state index in [0.717, 1.165) is 10.1 Å². The number of amides is 1. The topological polar surface area (TPSA) is 140 Å². The summed E-state index contributed by atoms with van der Waals surface area (Å²) in [6.45, 7) is 0.219. The molecule has 0 radical (unpaired) electrons. The Balaban J connectivity index is 2.08. The highest BCUT2D eigenvalue weighted by Crippen LogP contribution is 2.43. The number of aryl methyl sites for hydroxylation is 1. The number of carbonyl (C=O) groups excluding carboxylic acids is 1. The van der Waals surface area contributed by atoms with E-state index in [-0.39, 0.29) is 34.5 Å². The Labute approximate surface area is 212 Å². The second kappa shape index (κ2) is 10.1. The molecule has 0 saturated heterocycles. The minimum atomic E-state index is -0.633. The van der Waals surface area contributed by atoms with Crippen molar-refractivity contribution in [3.63, 3.8) is 0 Å². The predicted molar refractivity (Wildman–Crippen MR) is 139 cm³/mol. The molecule has 2 heterocycles. The van der Waals surface area contributed by atoms with Gasteiger partial charge in [-0.05, 0) is 23.3 Å². The molecular weight excluding hydrogens is 478 g/mol. The Kier molecular flexibility index (Phi) is 6.87. The van der Waals surface area contributed by atoms with Crippen LogP contribution in [0.3, 0.4) is 0 Å². The van der Waals surface area contributed by atoms with Crippen LogP contribution < -0.4 is 36.5 Å². The highest BCUT2D eigenvalue weighted by molar-refractivity contribution is 6.11. The average Bonchev–Trinajstić information content (AvgIpc) is 2.92. The van der Waals surface area contributed by atoms with Crippen LogP contribution in [0.25, 0.3) is 22.2 Å². The minimum Gasteiger partial charge on any atom is -0.493 e. The van der Waals surface area contributed by atoms with Crippen LogP contribution in [0.4, 0.5) is 5.82 Å². The number of pyridine rings is 1. The number of carbonyl (C=O) groups is 1. The standard InChI is InChI=1S/C26H27N5O6/c1-30-23-20(25(33)31(2)26(30)34)18(15-11-16(35-3)21(37-5)17(12-15)36-4)19(22(27)29-23)24(32)28-13-14-9-7-6-8-10-14/h6-12H,13H2,1-5H3,(H2,27,29)(H,28,32). The smallest absolute Gasteiger partial charge is 0.332 e. The molecule has 0 bridgehead atoms. The maximum atomic E-state index is 13.6. The second-order valence-corrected chi connectivity index (χ2v) is 8.23. The summed E-state index contributed by atoms with van der Waals surface area (Å²) in [6, 6.07) is 12.5. The molecule has 4 aromatic rings. The molecule has 1 amide bonds. The average molecular weight is 506 g/mol. The van der Waals surface area contributed by atoms with Crippen LogP contribution in [-0.2, 0) is 20.6 Å². The Morgan fingerprint density at radius 3 is 2.16 bits per heavy atom. The van der Waals surface area contributed by atoms with Crippen molar-refractivity contribution in [3.05, 3.63) is 74.4 Å². The third kappa shape index (κ3) is 4.35. The number of benzene rings is 2. The molecule has 0 fully saturated rings. The largest absolute Gasteiger partial charge is 0.493 e. The first-order chi connectivity index (χ1) is 17.7. The molecule has 0 aliphatic rings. The fraction of sp³-hybridized carbons (Fsp3) is 0.231. The van der Waals surface area contributed by atoms with Crippen LogP contribution in [0.1, 0.15) is 15.9 Å². The Morgan fingerprint density at radius 2 is 1.59 bits per heavy atom. The van der Waals surface area contributed by atoms with Gasteiger partial charge in [-0.1, -0.05) is 30.3 Å². The van der Waals surface area contributed by atoms with Gasteiger partial charge in [0, 0.05) is 26.2 Å². The lowest BCUT2D eigenvalue weighted by Gasteiger charge is -2.19. The number of nitrogen functional groups attached to an aromatic ring is 1. The molecule has 0 aliphatic carbocycles. The van der Waals surface area contributed by atoms with Crippen LogP contribution in [0.5, 0.6) is 17.2 Å². The number of fused-ring (bicyclic) bond motifs is 1. The first-order valence-corrected chi connectivity index (χ1v) is 11.2. The van der Waals surface area contributed by atoms with Crippen LogP contribution in [0, 0.1) is 0 Å². The summed E-state index contributed by atoms with van der Waals surface area (Å²) in [6.07, 6.45) is 0. The molecule has 0 aliphatic heterocycles. The van der Waals surface area contributed by atoms with Gasteiger partial charge in [-0.2, -0.15) is 0 Å². The third-order valence-corrected chi connectivity index (χ3v) is 6.09. The highest BCUT2D eigenvalue weighted by atomic mass is 16.5. The Morgan fingerprint density at radius 1 is 0.973 bits per heavy atom. The van der Waals surface area contributed by atoms with E-state index in [4.69, 9.17) is 19.9 Å². The number of nitrogens with two attached hydrogens (primary N) is 1. The molecule has 11 heteroatoms. The van der Waals surface area contributed by atoms with Crippen LogP contribution in [-0.4, -0.2) is 41.4 Å². The number of hydrogen-bond acceptors (Lipinski definition) is 8. The zero-order valence-corrected chi connectivity index (χ0v) is 21.1. The van der Waals surface area contributed by atoms with Crippen LogP contribution in [0.2, 0.25) is 0 Å². The lowest BCUT2D eigenvalue weighted by Crippen LogP contribution is -2.38. The van der Waals surface area contributed by atoms with Crippen LogP contribution >= 0.6 is 0 Å². The summed E-state index contributed by atoms with van der Waals surface area (Å²) in [7, 11) is 7.21. The van der Waals surface area contributed by atoms with Gasteiger partial charge in [0.2, 0.25) is 5.75 Å². The van der Waals surface area contributed by atoms with Gasteiger partial charge < -0.3 is 25.3 Å². The number of rotatable bonds is 7. The molecule has 192 valence electrons. The normalized spacial score (nSPS) is 10.8. The lowest BCUT2D eigenvalue weighted by molar-refractivity contribution is 0.0952. The molecule has 2 aromatic carbocycles. The molecule has 0 spiro atoms. The van der Waals surface area contributed by atoms with Crippen molar-refractivity contribution >= 4 is 22.8 Å². The van der Waals surface area contributed by atoms with Crippen molar-refractivity contribution in [1.29, 1.82) is 0 Å². The summed E-state index contributed by atoms with van der Waals surface area (Å²) >= 11 is 0. The third-order valence-electron chi connectivity index (χ3n) is 6.09. The van der Waals surface area contributed by atoms with E-state index in [9.17, 15) is 14.4 Å². The van der Waals surface area contributed by atoms with E-state index in [2.05, 4.69) is 10.3 Å². The summed E-state index contributed by atoms with van der Waals surface area (Å²) in [5, 5.41) is 2.89. The first kappa shape index (κ1) is 25.3. The van der Waals surface area contributed by atoms with Crippen molar-refractivity contribution < 1.29 is 19.0 Å². The number of nitrogens with zero attached hydrogens (tertiary/aromatic N) is 3.